The lowest BCUT2D eigenvalue weighted by Gasteiger charge is -2.49. The van der Waals surface area contributed by atoms with Crippen LogP contribution in [0.15, 0.2) is 60.7 Å². The molecule has 0 unspecified atom stereocenters. The van der Waals surface area contributed by atoms with Gasteiger partial charge in [0.05, 0.1) is 0 Å². The van der Waals surface area contributed by atoms with E-state index in [1.54, 1.807) is 35.7 Å². The zero-order valence-electron chi connectivity index (χ0n) is 13.4. The van der Waals surface area contributed by atoms with Crippen molar-refractivity contribution < 1.29 is 9.59 Å². The van der Waals surface area contributed by atoms with Crippen molar-refractivity contribution in [1.82, 2.24) is 9.80 Å². The molecule has 0 saturated carbocycles. The standard InChI is InChI=1S/C19H16N2O2S/c1-20-17(22)18(23)21(2)19(20)15(13-9-5-3-6-10-13)16(24-19)14-11-7-4-8-12-14/h3-12H,1-2H3. The molecule has 0 atom stereocenters. The smallest absolute Gasteiger partial charge is 0.301 e. The summed E-state index contributed by atoms with van der Waals surface area (Å²) < 4.78 is 0. The minimum atomic E-state index is -0.763. The van der Waals surface area contributed by atoms with Crippen molar-refractivity contribution in [2.24, 2.45) is 0 Å². The first-order valence-corrected chi connectivity index (χ1v) is 8.49. The van der Waals surface area contributed by atoms with Crippen LogP contribution in [0, 0.1) is 0 Å². The van der Waals surface area contributed by atoms with Crippen molar-refractivity contribution in [2.45, 2.75) is 4.99 Å². The molecular weight excluding hydrogens is 320 g/mol. The quantitative estimate of drug-likeness (QED) is 0.792. The van der Waals surface area contributed by atoms with Crippen molar-refractivity contribution in [1.29, 1.82) is 0 Å². The highest BCUT2D eigenvalue weighted by Gasteiger charge is 2.62. The second-order valence-electron chi connectivity index (χ2n) is 5.87. The molecule has 1 fully saturated rings. The van der Waals surface area contributed by atoms with Crippen LogP contribution in [0.2, 0.25) is 0 Å². The summed E-state index contributed by atoms with van der Waals surface area (Å²) in [6.45, 7) is 0. The Labute approximate surface area is 144 Å². The highest BCUT2D eigenvalue weighted by Crippen LogP contribution is 2.63. The van der Waals surface area contributed by atoms with E-state index in [0.29, 0.717) is 0 Å². The Balaban J connectivity index is 1.95. The number of thioether (sulfide) groups is 1. The third-order valence-electron chi connectivity index (χ3n) is 4.60. The number of carbonyl (C=O) groups excluding carboxylic acids is 2. The number of amides is 2. The molecule has 24 heavy (non-hydrogen) atoms. The molecule has 2 amide bonds. The summed E-state index contributed by atoms with van der Waals surface area (Å²) in [6.07, 6.45) is 0. The summed E-state index contributed by atoms with van der Waals surface area (Å²) in [4.78, 5) is 27.9. The Hall–Kier alpha value is -2.53. The number of hydrogen-bond acceptors (Lipinski definition) is 3. The maximum atomic E-state index is 12.2. The first kappa shape index (κ1) is 15.0. The molecule has 4 nitrogen and oxygen atoms in total. The summed E-state index contributed by atoms with van der Waals surface area (Å²) in [6, 6.07) is 20.0. The molecule has 1 saturated heterocycles. The molecule has 5 heteroatoms. The molecule has 0 aromatic heterocycles. The van der Waals surface area contributed by atoms with Gasteiger partial charge in [0.2, 0.25) is 0 Å². The fraction of sp³-hybridized carbons (Fsp3) is 0.158. The molecule has 2 heterocycles. The highest BCUT2D eigenvalue weighted by atomic mass is 32.2. The highest BCUT2D eigenvalue weighted by molar-refractivity contribution is 8.12. The first-order valence-electron chi connectivity index (χ1n) is 7.68. The normalized spacial score (nSPS) is 19.2. The Morgan fingerprint density at radius 3 is 1.71 bits per heavy atom. The van der Waals surface area contributed by atoms with E-state index in [9.17, 15) is 9.59 Å². The molecule has 120 valence electrons. The fourth-order valence-electron chi connectivity index (χ4n) is 3.32. The topological polar surface area (TPSA) is 40.6 Å². The van der Waals surface area contributed by atoms with Crippen molar-refractivity contribution in [3.63, 3.8) is 0 Å². The molecule has 0 N–H and O–H groups in total. The van der Waals surface area contributed by atoms with Gasteiger partial charge in [0.15, 0.2) is 4.99 Å². The van der Waals surface area contributed by atoms with Crippen LogP contribution in [0.25, 0.3) is 10.5 Å². The second kappa shape index (κ2) is 5.24. The molecule has 4 rings (SSSR count). The number of nitrogens with zero attached hydrogens (tertiary/aromatic N) is 2. The number of benzene rings is 2. The van der Waals surface area contributed by atoms with E-state index in [-0.39, 0.29) is 0 Å². The van der Waals surface area contributed by atoms with E-state index in [1.165, 1.54) is 0 Å². The fourth-order valence-corrected chi connectivity index (χ4v) is 4.83. The zero-order valence-corrected chi connectivity index (χ0v) is 14.2. The van der Waals surface area contributed by atoms with Gasteiger partial charge in [-0.2, -0.15) is 0 Å². The molecule has 0 bridgehead atoms. The van der Waals surface area contributed by atoms with Gasteiger partial charge in [0.1, 0.15) is 0 Å². The Kier molecular flexibility index (Phi) is 3.28. The Morgan fingerprint density at radius 2 is 1.21 bits per heavy atom. The molecule has 0 radical (unpaired) electrons. The van der Waals surface area contributed by atoms with Crippen LogP contribution in [0.5, 0.6) is 0 Å². The second-order valence-corrected chi connectivity index (χ2v) is 7.06. The number of carbonyl (C=O) groups is 2. The van der Waals surface area contributed by atoms with Crippen molar-refractivity contribution in [2.75, 3.05) is 14.1 Å². The maximum Gasteiger partial charge on any atom is 0.314 e. The number of rotatable bonds is 2. The molecule has 2 aliphatic rings. The minimum absolute atomic E-state index is 0.467. The lowest BCUT2D eigenvalue weighted by Crippen LogP contribution is -2.53. The van der Waals surface area contributed by atoms with E-state index in [2.05, 4.69) is 12.1 Å². The van der Waals surface area contributed by atoms with E-state index in [1.807, 2.05) is 48.5 Å². The Morgan fingerprint density at radius 1 is 0.750 bits per heavy atom. The molecule has 2 aromatic rings. The summed E-state index contributed by atoms with van der Waals surface area (Å²) >= 11 is 1.55. The summed E-state index contributed by atoms with van der Waals surface area (Å²) in [5, 5.41) is 0. The zero-order chi connectivity index (χ0) is 16.9. The third-order valence-corrected chi connectivity index (χ3v) is 6.28. The van der Waals surface area contributed by atoms with Gasteiger partial charge in [0.25, 0.3) is 0 Å². The van der Waals surface area contributed by atoms with Crippen LogP contribution in [-0.2, 0) is 9.59 Å². The van der Waals surface area contributed by atoms with Crippen LogP contribution in [0.4, 0.5) is 0 Å². The monoisotopic (exact) mass is 336 g/mol. The third kappa shape index (κ3) is 1.82. The molecule has 1 spiro atoms. The van der Waals surface area contributed by atoms with E-state index in [0.717, 1.165) is 21.6 Å². The first-order chi connectivity index (χ1) is 11.6. The van der Waals surface area contributed by atoms with Gasteiger partial charge >= 0.3 is 11.8 Å². The lowest BCUT2D eigenvalue weighted by molar-refractivity contribution is -0.142. The number of hydrogen-bond donors (Lipinski definition) is 0. The molecular formula is C19H16N2O2S. The van der Waals surface area contributed by atoms with Crippen molar-refractivity contribution in [3.8, 4) is 0 Å². The maximum absolute atomic E-state index is 12.2. The largest absolute Gasteiger partial charge is 0.314 e. The lowest BCUT2D eigenvalue weighted by atomic mass is 9.97. The van der Waals surface area contributed by atoms with E-state index < -0.39 is 16.8 Å². The summed E-state index contributed by atoms with van der Waals surface area (Å²) in [7, 11) is 3.39. The van der Waals surface area contributed by atoms with E-state index >= 15 is 0 Å². The molecule has 2 aliphatic heterocycles. The van der Waals surface area contributed by atoms with Gasteiger partial charge in [-0.3, -0.25) is 9.59 Å². The summed E-state index contributed by atoms with van der Waals surface area (Å²) in [5.74, 6) is -0.934. The predicted octanol–water partition coefficient (Wildman–Crippen LogP) is 2.89. The Bertz CT molecular complexity index is 841. The average Bonchev–Trinajstić information content (AvgIpc) is 2.77. The molecule has 0 aliphatic carbocycles. The predicted molar refractivity (Wildman–Crippen MR) is 95.6 cm³/mol. The van der Waals surface area contributed by atoms with Crippen LogP contribution >= 0.6 is 11.8 Å². The van der Waals surface area contributed by atoms with Gasteiger partial charge in [-0.05, 0) is 11.1 Å². The van der Waals surface area contributed by atoms with Gasteiger partial charge in [-0.15, -0.1) is 0 Å². The minimum Gasteiger partial charge on any atom is -0.301 e. The van der Waals surface area contributed by atoms with Crippen LogP contribution in [0.3, 0.4) is 0 Å². The van der Waals surface area contributed by atoms with Crippen LogP contribution in [0.1, 0.15) is 11.1 Å². The van der Waals surface area contributed by atoms with Crippen molar-refractivity contribution in [3.05, 3.63) is 71.8 Å². The number of likely N-dealkylation sites (N-methyl/N-ethyl adjacent to an activating group) is 2. The molecule has 2 aromatic carbocycles. The van der Waals surface area contributed by atoms with Gasteiger partial charge in [0, 0.05) is 24.6 Å². The average molecular weight is 336 g/mol. The van der Waals surface area contributed by atoms with Crippen LogP contribution in [-0.4, -0.2) is 40.7 Å². The van der Waals surface area contributed by atoms with Crippen LogP contribution < -0.4 is 0 Å². The van der Waals surface area contributed by atoms with Gasteiger partial charge in [-0.1, -0.05) is 72.4 Å². The SMILES string of the molecule is CN1C(=O)C(=O)N(C)C12SC(c1ccccc1)=C2c1ccccc1. The van der Waals surface area contributed by atoms with E-state index in [4.69, 9.17) is 0 Å². The summed E-state index contributed by atoms with van der Waals surface area (Å²) in [5.41, 5.74) is 3.13. The van der Waals surface area contributed by atoms with Crippen molar-refractivity contribution >= 4 is 34.1 Å². The van der Waals surface area contributed by atoms with Gasteiger partial charge in [-0.25, -0.2) is 0 Å². The van der Waals surface area contributed by atoms with Gasteiger partial charge < -0.3 is 9.80 Å².